The number of hydrogen-bond donors (Lipinski definition) is 6. The van der Waals surface area contributed by atoms with Gasteiger partial charge in [0.05, 0.1) is 11.6 Å². The van der Waals surface area contributed by atoms with Crippen LogP contribution in [0.5, 0.6) is 11.5 Å². The zero-order chi connectivity index (χ0) is 30.0. The first kappa shape index (κ1) is 27.9. The largest absolute Gasteiger partial charge is 0.510 e. The van der Waals surface area contributed by atoms with Gasteiger partial charge in [-0.3, -0.25) is 19.3 Å². The van der Waals surface area contributed by atoms with E-state index < -0.39 is 64.1 Å². The highest BCUT2D eigenvalue weighted by Crippen LogP contribution is 2.53. The Kier molecular flexibility index (Phi) is 6.63. The summed E-state index contributed by atoms with van der Waals surface area (Å²) in [5.74, 6) is -6.75. The summed E-state index contributed by atoms with van der Waals surface area (Å²) < 4.78 is 5.13. The molecular formula is C29H29N3O9. The number of ketones is 2. The number of carbonyl (C=O) groups is 4. The lowest BCUT2D eigenvalue weighted by molar-refractivity contribution is -0.148. The van der Waals surface area contributed by atoms with Crippen LogP contribution >= 0.6 is 0 Å². The number of nitrogens with zero attached hydrogens (tertiary/aromatic N) is 1. The van der Waals surface area contributed by atoms with Crippen LogP contribution in [0.2, 0.25) is 0 Å². The quantitative estimate of drug-likeness (QED) is 0.296. The first-order valence-electron chi connectivity index (χ1n) is 12.8. The lowest BCUT2D eigenvalue weighted by Crippen LogP contribution is -2.63. The highest BCUT2D eigenvalue weighted by Gasteiger charge is 2.63. The molecule has 2 aromatic rings. The van der Waals surface area contributed by atoms with Crippen LogP contribution in [0.15, 0.2) is 59.1 Å². The van der Waals surface area contributed by atoms with E-state index in [0.29, 0.717) is 22.4 Å². The van der Waals surface area contributed by atoms with Gasteiger partial charge in [-0.15, -0.1) is 0 Å². The monoisotopic (exact) mass is 563 g/mol. The standard InChI is InChI=1S/C29H29N3O9/c1-31-28(39)41-14-6-4-12(5-7-14)15-8-9-18(33)20-16(15)10-13-11-17-22(32(2)3)24(35)21(27(30)38)26(37)29(17,40)25(36)19(13)23(20)34/h4-9,13,17,22,33,35-36,40H,10-11H2,1-3H3,(H2,30,38)(H,31,39)/t13-,17-,22-,29-/m0/s1. The summed E-state index contributed by atoms with van der Waals surface area (Å²) in [5, 5.41) is 47.1. The maximum atomic E-state index is 13.9. The minimum Gasteiger partial charge on any atom is -0.510 e. The van der Waals surface area contributed by atoms with Gasteiger partial charge in [-0.1, -0.05) is 18.2 Å². The Balaban J connectivity index is 1.64. The maximum absolute atomic E-state index is 13.9. The number of rotatable bonds is 4. The van der Waals surface area contributed by atoms with Crippen LogP contribution in [-0.2, 0) is 16.0 Å². The van der Waals surface area contributed by atoms with E-state index in [2.05, 4.69) is 5.32 Å². The molecule has 0 aromatic heterocycles. The van der Waals surface area contributed by atoms with E-state index in [1.807, 2.05) is 0 Å². The number of allylic oxidation sites excluding steroid dienone is 1. The molecule has 12 heteroatoms. The van der Waals surface area contributed by atoms with Crippen LogP contribution in [-0.4, -0.2) is 81.7 Å². The maximum Gasteiger partial charge on any atom is 0.412 e. The van der Waals surface area contributed by atoms with Crippen molar-refractivity contribution in [2.24, 2.45) is 17.6 Å². The topological polar surface area (TPSA) is 200 Å². The summed E-state index contributed by atoms with van der Waals surface area (Å²) in [6.07, 6.45) is -0.503. The SMILES string of the molecule is CNC(=O)Oc1ccc(-c2ccc(O)c3c2C[C@H]2C[C@H]4[C@H](N(C)C)C(O)=C(C(N)=O)C(=O)[C@@]4(O)C(O)=C2C3=O)cc1. The number of fused-ring (bicyclic) bond motifs is 3. The van der Waals surface area contributed by atoms with Gasteiger partial charge < -0.3 is 36.2 Å². The minimum atomic E-state index is -2.70. The van der Waals surface area contributed by atoms with Crippen LogP contribution in [0.25, 0.3) is 11.1 Å². The van der Waals surface area contributed by atoms with Gasteiger partial charge in [-0.25, -0.2) is 4.79 Å². The number of likely N-dealkylation sites (N-methyl/N-ethyl adjacent to an activating group) is 1. The third kappa shape index (κ3) is 4.06. The van der Waals surface area contributed by atoms with Crippen LogP contribution in [0, 0.1) is 11.8 Å². The summed E-state index contributed by atoms with van der Waals surface area (Å²) in [6.45, 7) is 0. The van der Waals surface area contributed by atoms with E-state index in [1.165, 1.54) is 18.0 Å². The Morgan fingerprint density at radius 1 is 1.07 bits per heavy atom. The fourth-order valence-electron chi connectivity index (χ4n) is 6.38. The van der Waals surface area contributed by atoms with Gasteiger partial charge in [-0.2, -0.15) is 0 Å². The average molecular weight is 564 g/mol. The smallest absolute Gasteiger partial charge is 0.412 e. The molecule has 2 amide bonds. The number of benzene rings is 2. The molecule has 0 heterocycles. The van der Waals surface area contributed by atoms with E-state index in [1.54, 1.807) is 44.4 Å². The molecular weight excluding hydrogens is 534 g/mol. The van der Waals surface area contributed by atoms with E-state index in [4.69, 9.17) is 10.5 Å². The predicted octanol–water partition coefficient (Wildman–Crippen LogP) is 1.51. The summed E-state index contributed by atoms with van der Waals surface area (Å²) in [7, 11) is 4.57. The molecule has 12 nitrogen and oxygen atoms in total. The third-order valence-electron chi connectivity index (χ3n) is 8.19. The van der Waals surface area contributed by atoms with Gasteiger partial charge in [0.1, 0.15) is 28.6 Å². The Morgan fingerprint density at radius 2 is 1.73 bits per heavy atom. The molecule has 0 saturated carbocycles. The number of phenols is 1. The number of nitrogens with two attached hydrogens (primary N) is 1. The number of ether oxygens (including phenoxy) is 1. The zero-order valence-corrected chi connectivity index (χ0v) is 22.5. The van der Waals surface area contributed by atoms with Gasteiger partial charge in [0.15, 0.2) is 11.4 Å². The summed E-state index contributed by atoms with van der Waals surface area (Å²) in [6, 6.07) is 8.43. The van der Waals surface area contributed by atoms with E-state index in [-0.39, 0.29) is 29.7 Å². The fourth-order valence-corrected chi connectivity index (χ4v) is 6.38. The van der Waals surface area contributed by atoms with Crippen LogP contribution < -0.4 is 15.8 Å². The van der Waals surface area contributed by atoms with Gasteiger partial charge >= 0.3 is 6.09 Å². The van der Waals surface area contributed by atoms with Crippen molar-refractivity contribution in [2.45, 2.75) is 24.5 Å². The molecule has 0 bridgehead atoms. The van der Waals surface area contributed by atoms with E-state index >= 15 is 0 Å². The first-order valence-corrected chi connectivity index (χ1v) is 12.8. The van der Waals surface area contributed by atoms with Gasteiger partial charge in [0, 0.05) is 18.5 Å². The van der Waals surface area contributed by atoms with Crippen molar-refractivity contribution < 1.29 is 44.3 Å². The molecule has 0 aliphatic heterocycles. The molecule has 0 saturated heterocycles. The van der Waals surface area contributed by atoms with Crippen molar-refractivity contribution in [3.8, 4) is 22.6 Å². The number of amides is 2. The normalized spacial score (nSPS) is 25.4. The number of nitrogens with one attached hydrogen (secondary N) is 1. The predicted molar refractivity (Wildman–Crippen MR) is 144 cm³/mol. The minimum absolute atomic E-state index is 0.0141. The Hall–Kier alpha value is -4.68. The summed E-state index contributed by atoms with van der Waals surface area (Å²) in [4.78, 5) is 52.4. The lowest BCUT2D eigenvalue weighted by Gasteiger charge is -2.50. The second-order valence-electron chi connectivity index (χ2n) is 10.6. The number of aliphatic hydroxyl groups excluding tert-OH is 2. The first-order chi connectivity index (χ1) is 19.3. The van der Waals surface area contributed by atoms with Gasteiger partial charge in [0.25, 0.3) is 5.91 Å². The number of aromatic hydroxyl groups is 1. The molecule has 5 rings (SSSR count). The Bertz CT molecular complexity index is 1570. The number of Topliss-reactive ketones (excluding diaryl/α,β-unsaturated/α-hetero) is 2. The lowest BCUT2D eigenvalue weighted by atomic mass is 9.58. The van der Waals surface area contributed by atoms with Crippen molar-refractivity contribution >= 4 is 23.6 Å². The molecule has 41 heavy (non-hydrogen) atoms. The van der Waals surface area contributed by atoms with E-state index in [0.717, 1.165) is 0 Å². The molecule has 3 aliphatic carbocycles. The van der Waals surface area contributed by atoms with Crippen LogP contribution in [0.3, 0.4) is 0 Å². The molecule has 0 unspecified atom stereocenters. The molecule has 2 aromatic carbocycles. The third-order valence-corrected chi connectivity index (χ3v) is 8.19. The second-order valence-corrected chi connectivity index (χ2v) is 10.6. The van der Waals surface area contributed by atoms with E-state index in [9.17, 15) is 39.6 Å². The average Bonchev–Trinajstić information content (AvgIpc) is 2.91. The van der Waals surface area contributed by atoms with Gasteiger partial charge in [0.2, 0.25) is 5.78 Å². The number of phenolic OH excluding ortho intramolecular Hbond substituents is 1. The van der Waals surface area contributed by atoms with Gasteiger partial charge in [-0.05, 0) is 67.7 Å². The second kappa shape index (κ2) is 9.75. The van der Waals surface area contributed by atoms with Crippen molar-refractivity contribution in [3.05, 3.63) is 70.2 Å². The number of hydrogen-bond acceptors (Lipinski definition) is 10. The van der Waals surface area contributed by atoms with Crippen LogP contribution in [0.1, 0.15) is 22.3 Å². The number of aliphatic hydroxyl groups is 3. The summed E-state index contributed by atoms with van der Waals surface area (Å²) >= 11 is 0. The fraction of sp³-hybridized carbons (Fsp3) is 0.310. The molecule has 4 atom stereocenters. The highest BCUT2D eigenvalue weighted by molar-refractivity contribution is 6.24. The van der Waals surface area contributed by atoms with Crippen molar-refractivity contribution in [1.29, 1.82) is 0 Å². The van der Waals surface area contributed by atoms with Crippen molar-refractivity contribution in [2.75, 3.05) is 21.1 Å². The molecule has 3 aliphatic rings. The number of carbonyl (C=O) groups excluding carboxylic acids is 4. The Morgan fingerprint density at radius 3 is 2.32 bits per heavy atom. The van der Waals surface area contributed by atoms with Crippen molar-refractivity contribution in [3.63, 3.8) is 0 Å². The molecule has 0 spiro atoms. The molecule has 0 fully saturated rings. The summed E-state index contributed by atoms with van der Waals surface area (Å²) in [5.41, 5.74) is 3.25. The molecule has 214 valence electrons. The van der Waals surface area contributed by atoms with Crippen LogP contribution in [0.4, 0.5) is 4.79 Å². The Labute approximate surface area is 234 Å². The van der Waals surface area contributed by atoms with Crippen molar-refractivity contribution in [1.82, 2.24) is 10.2 Å². The zero-order valence-electron chi connectivity index (χ0n) is 22.5. The molecule has 0 radical (unpaired) electrons. The molecule has 7 N–H and O–H groups in total. The number of primary amides is 1. The highest BCUT2D eigenvalue weighted by atomic mass is 16.5.